The molecule has 0 saturated carbocycles. The second-order valence-electron chi connectivity index (χ2n) is 10.6. The second-order valence-corrected chi connectivity index (χ2v) is 11.5. The van der Waals surface area contributed by atoms with E-state index >= 15 is 0 Å². The van der Waals surface area contributed by atoms with Crippen molar-refractivity contribution in [3.05, 3.63) is 69.7 Å². The Labute approximate surface area is 218 Å². The van der Waals surface area contributed by atoms with Crippen molar-refractivity contribution < 1.29 is 19.8 Å². The largest absolute Gasteiger partial charge is 0.481 e. The lowest BCUT2D eigenvalue weighted by Crippen LogP contribution is -2.56. The number of hydrogen-bond donors (Lipinski definition) is 2. The van der Waals surface area contributed by atoms with E-state index in [9.17, 15) is 19.8 Å². The molecule has 0 aliphatic carbocycles. The summed E-state index contributed by atoms with van der Waals surface area (Å²) in [6.07, 6.45) is 1.91. The Kier molecular flexibility index (Phi) is 8.56. The number of aliphatic hydroxyl groups is 1. The number of carbonyl (C=O) groups excluding carboxylic acids is 1. The normalized spacial score (nSPS) is 23.9. The molecule has 1 fully saturated rings. The minimum Gasteiger partial charge on any atom is -0.481 e. The van der Waals surface area contributed by atoms with E-state index in [1.807, 2.05) is 60.4 Å². The number of carbonyl (C=O) groups is 2. The first-order chi connectivity index (χ1) is 16.3. The van der Waals surface area contributed by atoms with Crippen molar-refractivity contribution in [3.8, 4) is 0 Å². The second kappa shape index (κ2) is 10.9. The van der Waals surface area contributed by atoms with Crippen LogP contribution in [0.2, 0.25) is 10.0 Å². The Bertz CT molecular complexity index is 1050. The Morgan fingerprint density at radius 3 is 2.34 bits per heavy atom. The van der Waals surface area contributed by atoms with Gasteiger partial charge in [-0.1, -0.05) is 61.3 Å². The summed E-state index contributed by atoms with van der Waals surface area (Å²) in [7, 11) is 0. The summed E-state index contributed by atoms with van der Waals surface area (Å²) in [6.45, 7) is 7.31. The monoisotopic (exact) mass is 519 g/mol. The molecular formula is C28H35Cl2NO4. The maximum atomic E-state index is 14.2. The Hall–Kier alpha value is -2.08. The van der Waals surface area contributed by atoms with Gasteiger partial charge in [0.25, 0.3) is 0 Å². The van der Waals surface area contributed by atoms with Gasteiger partial charge in [0.05, 0.1) is 23.5 Å². The van der Waals surface area contributed by atoms with Crippen molar-refractivity contribution in [2.75, 3.05) is 0 Å². The zero-order valence-electron chi connectivity index (χ0n) is 20.8. The smallest absolute Gasteiger partial charge is 0.304 e. The molecule has 0 radical (unpaired) electrons. The van der Waals surface area contributed by atoms with Crippen LogP contribution in [-0.2, 0) is 9.59 Å². The SMILES string of the molecule is CCC(CCC(C)(C)O)N1C(=O)[C@@](C)(CC(=O)O)C[C@H](c2cccc(Cl)c2)[C@H]1c1ccc(Cl)cc1. The molecule has 1 aliphatic heterocycles. The van der Waals surface area contributed by atoms with E-state index in [-0.39, 0.29) is 30.3 Å². The van der Waals surface area contributed by atoms with E-state index in [1.54, 1.807) is 20.8 Å². The highest BCUT2D eigenvalue weighted by Gasteiger charge is 2.52. The van der Waals surface area contributed by atoms with E-state index in [1.165, 1.54) is 0 Å². The predicted octanol–water partition coefficient (Wildman–Crippen LogP) is 6.86. The summed E-state index contributed by atoms with van der Waals surface area (Å²) in [4.78, 5) is 27.9. The molecule has 4 atom stereocenters. The number of aliphatic carboxylic acids is 1. The standard InChI is InChI=1S/C28H35Cl2NO4/c1-5-22(13-14-27(2,3)35)31-25(18-9-11-20(29)12-10-18)23(19-7-6-8-21(30)15-19)16-28(4,26(31)34)17-24(32)33/h6-12,15,22-23,25,35H,5,13-14,16-17H2,1-4H3,(H,32,33)/t22?,23-,25-,28-/m1/s1. The number of halogens is 2. The highest BCUT2D eigenvalue weighted by atomic mass is 35.5. The van der Waals surface area contributed by atoms with Gasteiger partial charge in [-0.15, -0.1) is 0 Å². The molecule has 1 unspecified atom stereocenters. The zero-order valence-corrected chi connectivity index (χ0v) is 22.3. The van der Waals surface area contributed by atoms with Gasteiger partial charge in [-0.3, -0.25) is 9.59 Å². The van der Waals surface area contributed by atoms with Crippen LogP contribution >= 0.6 is 23.2 Å². The minimum absolute atomic E-state index is 0.166. The number of carboxylic acids is 1. The maximum Gasteiger partial charge on any atom is 0.304 e. The molecule has 1 aliphatic rings. The molecule has 7 heteroatoms. The number of likely N-dealkylation sites (tertiary alicyclic amines) is 1. The number of carboxylic acid groups (broad SMARTS) is 1. The van der Waals surface area contributed by atoms with Gasteiger partial charge in [0.1, 0.15) is 0 Å². The molecule has 1 heterocycles. The van der Waals surface area contributed by atoms with Gasteiger partial charge in [0.15, 0.2) is 0 Å². The molecule has 5 nitrogen and oxygen atoms in total. The van der Waals surface area contributed by atoms with Crippen LogP contribution in [0.5, 0.6) is 0 Å². The molecule has 35 heavy (non-hydrogen) atoms. The molecule has 2 N–H and O–H groups in total. The third-order valence-corrected chi connectivity index (χ3v) is 7.57. The van der Waals surface area contributed by atoms with Gasteiger partial charge in [-0.25, -0.2) is 0 Å². The summed E-state index contributed by atoms with van der Waals surface area (Å²) in [5.41, 5.74) is -0.0569. The summed E-state index contributed by atoms with van der Waals surface area (Å²) in [5, 5.41) is 21.3. The third-order valence-electron chi connectivity index (χ3n) is 7.09. The number of piperidine rings is 1. The first kappa shape index (κ1) is 27.5. The van der Waals surface area contributed by atoms with Crippen molar-refractivity contribution >= 4 is 35.1 Å². The van der Waals surface area contributed by atoms with Gasteiger partial charge in [0, 0.05) is 22.0 Å². The van der Waals surface area contributed by atoms with Crippen LogP contribution in [0, 0.1) is 5.41 Å². The lowest BCUT2D eigenvalue weighted by atomic mass is 9.67. The van der Waals surface area contributed by atoms with E-state index in [4.69, 9.17) is 23.2 Å². The highest BCUT2D eigenvalue weighted by Crippen LogP contribution is 2.52. The van der Waals surface area contributed by atoms with Crippen LogP contribution in [0.1, 0.15) is 82.9 Å². The first-order valence-corrected chi connectivity index (χ1v) is 12.9. The van der Waals surface area contributed by atoms with Crippen molar-refractivity contribution in [2.24, 2.45) is 5.41 Å². The highest BCUT2D eigenvalue weighted by molar-refractivity contribution is 6.30. The van der Waals surface area contributed by atoms with Crippen molar-refractivity contribution in [1.82, 2.24) is 4.90 Å². The fourth-order valence-electron chi connectivity index (χ4n) is 5.34. The summed E-state index contributed by atoms with van der Waals surface area (Å²) >= 11 is 12.6. The lowest BCUT2D eigenvalue weighted by Gasteiger charge is -2.52. The van der Waals surface area contributed by atoms with Gasteiger partial charge in [0.2, 0.25) is 5.91 Å². The molecule has 0 bridgehead atoms. The minimum atomic E-state index is -1.08. The maximum absolute atomic E-state index is 14.2. The summed E-state index contributed by atoms with van der Waals surface area (Å²) in [5.74, 6) is -1.34. The molecule has 0 spiro atoms. The van der Waals surface area contributed by atoms with Crippen LogP contribution in [0.3, 0.4) is 0 Å². The number of rotatable bonds is 9. The number of hydrogen-bond acceptors (Lipinski definition) is 3. The fourth-order valence-corrected chi connectivity index (χ4v) is 5.67. The summed E-state index contributed by atoms with van der Waals surface area (Å²) < 4.78 is 0. The van der Waals surface area contributed by atoms with E-state index in [0.29, 0.717) is 35.7 Å². The predicted molar refractivity (Wildman–Crippen MR) is 140 cm³/mol. The van der Waals surface area contributed by atoms with Gasteiger partial charge in [-0.05, 0) is 74.9 Å². The first-order valence-electron chi connectivity index (χ1n) is 12.1. The van der Waals surface area contributed by atoms with E-state index < -0.39 is 17.0 Å². The molecular weight excluding hydrogens is 485 g/mol. The summed E-state index contributed by atoms with van der Waals surface area (Å²) in [6, 6.07) is 14.6. The molecule has 2 aromatic rings. The Balaban J connectivity index is 2.20. The molecule has 190 valence electrons. The van der Waals surface area contributed by atoms with Crippen LogP contribution < -0.4 is 0 Å². The molecule has 0 aromatic heterocycles. The topological polar surface area (TPSA) is 77.8 Å². The van der Waals surface area contributed by atoms with Crippen molar-refractivity contribution in [3.63, 3.8) is 0 Å². The molecule has 2 aromatic carbocycles. The number of amides is 1. The van der Waals surface area contributed by atoms with E-state index in [0.717, 1.165) is 11.1 Å². The molecule has 1 saturated heterocycles. The van der Waals surface area contributed by atoms with Crippen LogP contribution in [0.15, 0.2) is 48.5 Å². The fraction of sp³-hybridized carbons (Fsp3) is 0.500. The molecule has 3 rings (SSSR count). The van der Waals surface area contributed by atoms with Crippen LogP contribution in [0.25, 0.3) is 0 Å². The van der Waals surface area contributed by atoms with Gasteiger partial charge < -0.3 is 15.1 Å². The number of nitrogens with zero attached hydrogens (tertiary/aromatic N) is 1. The third kappa shape index (κ3) is 6.58. The average molecular weight is 520 g/mol. The Morgan fingerprint density at radius 2 is 1.80 bits per heavy atom. The van der Waals surface area contributed by atoms with E-state index in [2.05, 4.69) is 0 Å². The van der Waals surface area contributed by atoms with Crippen molar-refractivity contribution in [2.45, 2.75) is 83.4 Å². The molecule has 1 amide bonds. The van der Waals surface area contributed by atoms with Crippen molar-refractivity contribution in [1.29, 1.82) is 0 Å². The lowest BCUT2D eigenvalue weighted by molar-refractivity contribution is -0.161. The zero-order chi connectivity index (χ0) is 26.0. The average Bonchev–Trinajstić information content (AvgIpc) is 2.76. The van der Waals surface area contributed by atoms with Crippen LogP contribution in [-0.4, -0.2) is 38.6 Å². The quantitative estimate of drug-likeness (QED) is 0.379. The van der Waals surface area contributed by atoms with Crippen LogP contribution in [0.4, 0.5) is 0 Å². The van der Waals surface area contributed by atoms with Gasteiger partial charge in [-0.2, -0.15) is 0 Å². The van der Waals surface area contributed by atoms with Gasteiger partial charge >= 0.3 is 5.97 Å². The number of benzene rings is 2. The Morgan fingerprint density at radius 1 is 1.14 bits per heavy atom.